The third kappa shape index (κ3) is 5.71. The topological polar surface area (TPSA) is 109 Å². The molecule has 0 aliphatic carbocycles. The number of pyridine rings is 1. The second-order valence-corrected chi connectivity index (χ2v) is 7.44. The van der Waals surface area contributed by atoms with Crippen molar-refractivity contribution >= 4 is 17.1 Å². The van der Waals surface area contributed by atoms with Crippen LogP contribution in [-0.4, -0.2) is 35.9 Å². The molecule has 2 N–H and O–H groups in total. The number of aromatic nitrogens is 2. The van der Waals surface area contributed by atoms with Crippen LogP contribution in [0, 0.1) is 11.3 Å². The Labute approximate surface area is 197 Å². The number of nitriles is 1. The van der Waals surface area contributed by atoms with Gasteiger partial charge in [-0.15, -0.1) is 0 Å². The highest BCUT2D eigenvalue weighted by atomic mass is 16.7. The van der Waals surface area contributed by atoms with E-state index in [1.807, 2.05) is 42.6 Å². The molecule has 0 saturated heterocycles. The SMILES string of the molecule is CCOC(=O)Oc1cc2cccc(OCCNCc3cncc(-c4cccc(C#N)c4)c3)c2[nH]1. The van der Waals surface area contributed by atoms with Gasteiger partial charge in [0.2, 0.25) is 5.88 Å². The van der Waals surface area contributed by atoms with Gasteiger partial charge < -0.3 is 24.5 Å². The number of nitrogens with one attached hydrogen (secondary N) is 2. The Kier molecular flexibility index (Phi) is 7.38. The van der Waals surface area contributed by atoms with Gasteiger partial charge in [-0.2, -0.15) is 5.26 Å². The molecule has 0 spiro atoms. The quantitative estimate of drug-likeness (QED) is 0.275. The Balaban J connectivity index is 1.31. The molecule has 8 heteroatoms. The largest absolute Gasteiger partial charge is 0.515 e. The predicted molar refractivity (Wildman–Crippen MR) is 128 cm³/mol. The standard InChI is InChI=1S/C26H24N4O4/c1-2-32-26(31)34-24-13-21-7-4-8-23(25(21)30-24)33-10-9-28-15-19-12-22(17-29-16-19)20-6-3-5-18(11-20)14-27/h3-8,11-13,16-17,28,30H,2,9-10,15H2,1H3. The fraction of sp³-hybridized carbons (Fsp3) is 0.192. The molecule has 0 aliphatic rings. The smallest absolute Gasteiger partial charge is 0.490 e. The van der Waals surface area contributed by atoms with Gasteiger partial charge in [-0.1, -0.05) is 24.3 Å². The second kappa shape index (κ2) is 11.0. The molecular formula is C26H24N4O4. The summed E-state index contributed by atoms with van der Waals surface area (Å²) in [4.78, 5) is 18.9. The molecule has 8 nitrogen and oxygen atoms in total. The van der Waals surface area contributed by atoms with E-state index in [-0.39, 0.29) is 6.61 Å². The number of H-pyrrole nitrogens is 1. The Morgan fingerprint density at radius 1 is 1.12 bits per heavy atom. The maximum absolute atomic E-state index is 11.5. The summed E-state index contributed by atoms with van der Waals surface area (Å²) in [6.07, 6.45) is 2.85. The van der Waals surface area contributed by atoms with Gasteiger partial charge in [0.05, 0.1) is 23.8 Å². The van der Waals surface area contributed by atoms with E-state index in [2.05, 4.69) is 27.4 Å². The van der Waals surface area contributed by atoms with Crippen LogP contribution in [0.15, 0.2) is 67.0 Å². The van der Waals surface area contributed by atoms with Crippen molar-refractivity contribution in [2.45, 2.75) is 13.5 Å². The first-order valence-electron chi connectivity index (χ1n) is 10.9. The number of carbonyl (C=O) groups excluding carboxylic acids is 1. The minimum absolute atomic E-state index is 0.245. The number of aromatic amines is 1. The van der Waals surface area contributed by atoms with Gasteiger partial charge in [-0.25, -0.2) is 4.79 Å². The van der Waals surface area contributed by atoms with Gasteiger partial charge in [-0.05, 0) is 42.3 Å². The number of benzene rings is 2. The number of hydrogen-bond donors (Lipinski definition) is 2. The van der Waals surface area contributed by atoms with Gasteiger partial charge in [-0.3, -0.25) is 4.98 Å². The molecular weight excluding hydrogens is 432 g/mol. The van der Waals surface area contributed by atoms with E-state index in [1.165, 1.54) is 0 Å². The van der Waals surface area contributed by atoms with E-state index < -0.39 is 6.16 Å². The molecule has 0 saturated carbocycles. The number of ether oxygens (including phenoxy) is 3. The molecule has 0 radical (unpaired) electrons. The molecule has 2 aromatic carbocycles. The molecule has 4 rings (SSSR count). The van der Waals surface area contributed by atoms with Crippen LogP contribution < -0.4 is 14.8 Å². The Morgan fingerprint density at radius 3 is 2.85 bits per heavy atom. The first-order chi connectivity index (χ1) is 16.7. The highest BCUT2D eigenvalue weighted by Crippen LogP contribution is 2.28. The van der Waals surface area contributed by atoms with E-state index in [1.54, 1.807) is 25.3 Å². The lowest BCUT2D eigenvalue weighted by Crippen LogP contribution is -2.20. The van der Waals surface area contributed by atoms with Crippen LogP contribution in [0.5, 0.6) is 11.6 Å². The summed E-state index contributed by atoms with van der Waals surface area (Å²) in [5, 5.41) is 13.3. The number of rotatable bonds is 9. The number of nitrogens with zero attached hydrogens (tertiary/aromatic N) is 2. The molecule has 0 bridgehead atoms. The zero-order valence-electron chi connectivity index (χ0n) is 18.7. The summed E-state index contributed by atoms with van der Waals surface area (Å²) < 4.78 is 15.9. The van der Waals surface area contributed by atoms with Crippen molar-refractivity contribution in [2.75, 3.05) is 19.8 Å². The van der Waals surface area contributed by atoms with E-state index in [9.17, 15) is 4.79 Å². The lowest BCUT2D eigenvalue weighted by atomic mass is 10.0. The molecule has 0 aliphatic heterocycles. The van der Waals surface area contributed by atoms with Crippen molar-refractivity contribution in [3.8, 4) is 28.8 Å². The Bertz CT molecular complexity index is 1330. The van der Waals surface area contributed by atoms with Crippen molar-refractivity contribution in [2.24, 2.45) is 0 Å². The Morgan fingerprint density at radius 2 is 2.00 bits per heavy atom. The van der Waals surface area contributed by atoms with E-state index in [0.717, 1.165) is 27.6 Å². The molecule has 0 atom stereocenters. The fourth-order valence-electron chi connectivity index (χ4n) is 3.49. The third-order valence-electron chi connectivity index (χ3n) is 5.03. The molecule has 0 fully saturated rings. The molecule has 2 aromatic heterocycles. The minimum Gasteiger partial charge on any atom is -0.490 e. The first kappa shape index (κ1) is 22.8. The van der Waals surface area contributed by atoms with Crippen molar-refractivity contribution < 1.29 is 19.0 Å². The normalized spacial score (nSPS) is 10.6. The van der Waals surface area contributed by atoms with Crippen molar-refractivity contribution in [3.05, 3.63) is 78.1 Å². The van der Waals surface area contributed by atoms with Crippen LogP contribution in [0.25, 0.3) is 22.0 Å². The van der Waals surface area contributed by atoms with Crippen LogP contribution in [-0.2, 0) is 11.3 Å². The molecule has 2 heterocycles. The fourth-order valence-corrected chi connectivity index (χ4v) is 3.49. The maximum Gasteiger partial charge on any atom is 0.515 e. The summed E-state index contributed by atoms with van der Waals surface area (Å²) in [6.45, 7) is 3.66. The molecule has 172 valence electrons. The van der Waals surface area contributed by atoms with Gasteiger partial charge in [0, 0.05) is 42.5 Å². The number of carbonyl (C=O) groups is 1. The predicted octanol–water partition coefficient (Wildman–Crippen LogP) is 4.81. The van der Waals surface area contributed by atoms with Crippen LogP contribution >= 0.6 is 0 Å². The van der Waals surface area contributed by atoms with Crippen molar-refractivity contribution in [1.29, 1.82) is 5.26 Å². The highest BCUT2D eigenvalue weighted by molar-refractivity contribution is 5.87. The lowest BCUT2D eigenvalue weighted by molar-refractivity contribution is 0.103. The summed E-state index contributed by atoms with van der Waals surface area (Å²) >= 11 is 0. The van der Waals surface area contributed by atoms with E-state index in [4.69, 9.17) is 19.5 Å². The average Bonchev–Trinajstić information content (AvgIpc) is 3.27. The van der Waals surface area contributed by atoms with Crippen LogP contribution in [0.3, 0.4) is 0 Å². The summed E-state index contributed by atoms with van der Waals surface area (Å²) in [5.74, 6) is 0.967. The first-order valence-corrected chi connectivity index (χ1v) is 10.9. The second-order valence-electron chi connectivity index (χ2n) is 7.44. The molecule has 0 unspecified atom stereocenters. The zero-order valence-corrected chi connectivity index (χ0v) is 18.7. The molecule has 0 amide bonds. The number of hydrogen-bond acceptors (Lipinski definition) is 7. The van der Waals surface area contributed by atoms with Crippen molar-refractivity contribution in [1.82, 2.24) is 15.3 Å². The summed E-state index contributed by atoms with van der Waals surface area (Å²) in [7, 11) is 0. The monoisotopic (exact) mass is 456 g/mol. The van der Waals surface area contributed by atoms with Gasteiger partial charge in [0.25, 0.3) is 0 Å². The number of para-hydroxylation sites is 1. The maximum atomic E-state index is 11.5. The van der Waals surface area contributed by atoms with Crippen molar-refractivity contribution in [3.63, 3.8) is 0 Å². The third-order valence-corrected chi connectivity index (χ3v) is 5.03. The zero-order chi connectivity index (χ0) is 23.8. The summed E-state index contributed by atoms with van der Waals surface area (Å²) in [5.41, 5.74) is 4.33. The molecule has 4 aromatic rings. The molecule has 34 heavy (non-hydrogen) atoms. The summed E-state index contributed by atoms with van der Waals surface area (Å²) in [6, 6.07) is 19.1. The van der Waals surface area contributed by atoms with Crippen LogP contribution in [0.2, 0.25) is 0 Å². The van der Waals surface area contributed by atoms with Gasteiger partial charge >= 0.3 is 6.16 Å². The van der Waals surface area contributed by atoms with Crippen LogP contribution in [0.1, 0.15) is 18.1 Å². The Hall–Kier alpha value is -4.35. The highest BCUT2D eigenvalue weighted by Gasteiger charge is 2.11. The number of fused-ring (bicyclic) bond motifs is 1. The van der Waals surface area contributed by atoms with E-state index >= 15 is 0 Å². The average molecular weight is 457 g/mol. The van der Waals surface area contributed by atoms with Gasteiger partial charge in [0.15, 0.2) is 0 Å². The lowest BCUT2D eigenvalue weighted by Gasteiger charge is -2.09. The van der Waals surface area contributed by atoms with Gasteiger partial charge in [0.1, 0.15) is 12.4 Å². The minimum atomic E-state index is -0.753. The van der Waals surface area contributed by atoms with Crippen LogP contribution in [0.4, 0.5) is 4.79 Å². The van der Waals surface area contributed by atoms with E-state index in [0.29, 0.717) is 36.9 Å².